The SMILES string of the molecule is [NH3+]Cc1cc2cc(F)c(O)cc2[nH]1. The maximum atomic E-state index is 12.9. The van der Waals surface area contributed by atoms with E-state index in [0.717, 1.165) is 16.6 Å². The first-order valence-electron chi connectivity index (χ1n) is 4.00. The van der Waals surface area contributed by atoms with Crippen molar-refractivity contribution in [1.82, 2.24) is 4.98 Å². The van der Waals surface area contributed by atoms with E-state index in [4.69, 9.17) is 5.11 Å². The van der Waals surface area contributed by atoms with Gasteiger partial charge < -0.3 is 15.8 Å². The van der Waals surface area contributed by atoms with E-state index in [9.17, 15) is 4.39 Å². The van der Waals surface area contributed by atoms with Crippen LogP contribution in [0.25, 0.3) is 10.9 Å². The highest BCUT2D eigenvalue weighted by Gasteiger charge is 2.05. The first-order valence-corrected chi connectivity index (χ1v) is 4.00. The summed E-state index contributed by atoms with van der Waals surface area (Å²) in [6.07, 6.45) is 0. The Labute approximate surface area is 74.0 Å². The van der Waals surface area contributed by atoms with E-state index in [-0.39, 0.29) is 5.75 Å². The Morgan fingerprint density at radius 1 is 1.38 bits per heavy atom. The first kappa shape index (κ1) is 8.07. The molecule has 0 aliphatic rings. The van der Waals surface area contributed by atoms with Crippen LogP contribution < -0.4 is 5.73 Å². The summed E-state index contributed by atoms with van der Waals surface area (Å²) in [5, 5.41) is 9.85. The van der Waals surface area contributed by atoms with Crippen molar-refractivity contribution < 1.29 is 15.2 Å². The van der Waals surface area contributed by atoms with Gasteiger partial charge in [-0.25, -0.2) is 4.39 Å². The summed E-state index contributed by atoms with van der Waals surface area (Å²) in [5.41, 5.74) is 5.37. The lowest BCUT2D eigenvalue weighted by molar-refractivity contribution is -0.387. The predicted octanol–water partition coefficient (Wildman–Crippen LogP) is 0.754. The average molecular weight is 181 g/mol. The van der Waals surface area contributed by atoms with Gasteiger partial charge in [-0.15, -0.1) is 0 Å². The maximum Gasteiger partial charge on any atom is 0.165 e. The largest absolute Gasteiger partial charge is 0.505 e. The summed E-state index contributed by atoms with van der Waals surface area (Å²) in [5.74, 6) is -0.924. The van der Waals surface area contributed by atoms with Gasteiger partial charge >= 0.3 is 0 Å². The zero-order chi connectivity index (χ0) is 9.42. The Morgan fingerprint density at radius 2 is 2.15 bits per heavy atom. The number of hydrogen-bond acceptors (Lipinski definition) is 1. The molecule has 0 spiro atoms. The van der Waals surface area contributed by atoms with E-state index >= 15 is 0 Å². The number of aromatic nitrogens is 1. The highest BCUT2D eigenvalue weighted by molar-refractivity contribution is 5.81. The molecule has 2 aromatic rings. The number of quaternary nitrogens is 1. The van der Waals surface area contributed by atoms with Gasteiger partial charge in [0.1, 0.15) is 6.54 Å². The first-order chi connectivity index (χ1) is 6.20. The smallest absolute Gasteiger partial charge is 0.165 e. The van der Waals surface area contributed by atoms with Crippen LogP contribution in [0, 0.1) is 5.82 Å². The molecule has 5 N–H and O–H groups in total. The lowest BCUT2D eigenvalue weighted by Gasteiger charge is -1.93. The van der Waals surface area contributed by atoms with Gasteiger partial charge in [0.25, 0.3) is 0 Å². The zero-order valence-corrected chi connectivity index (χ0v) is 6.97. The van der Waals surface area contributed by atoms with Crippen LogP contribution in [0.3, 0.4) is 0 Å². The molecule has 0 unspecified atom stereocenters. The zero-order valence-electron chi connectivity index (χ0n) is 6.97. The van der Waals surface area contributed by atoms with Gasteiger partial charge in [0.05, 0.1) is 5.69 Å². The van der Waals surface area contributed by atoms with Crippen molar-refractivity contribution >= 4 is 10.9 Å². The summed E-state index contributed by atoms with van der Waals surface area (Å²) >= 11 is 0. The maximum absolute atomic E-state index is 12.9. The number of fused-ring (bicyclic) bond motifs is 1. The molecule has 0 aliphatic carbocycles. The molecule has 0 fully saturated rings. The molecular weight excluding hydrogens is 171 g/mol. The molecule has 4 heteroatoms. The monoisotopic (exact) mass is 181 g/mol. The molecule has 0 atom stereocenters. The predicted molar refractivity (Wildman–Crippen MR) is 46.5 cm³/mol. The quantitative estimate of drug-likeness (QED) is 0.597. The molecule has 0 bridgehead atoms. The van der Waals surface area contributed by atoms with Gasteiger partial charge in [-0.1, -0.05) is 0 Å². The topological polar surface area (TPSA) is 63.7 Å². The van der Waals surface area contributed by atoms with Gasteiger partial charge in [0.15, 0.2) is 11.6 Å². The van der Waals surface area contributed by atoms with Crippen molar-refractivity contribution in [3.63, 3.8) is 0 Å². The highest BCUT2D eigenvalue weighted by atomic mass is 19.1. The van der Waals surface area contributed by atoms with Crippen LogP contribution in [0.2, 0.25) is 0 Å². The molecule has 1 aromatic carbocycles. The molecular formula is C9H10FN2O+. The standard InChI is InChI=1S/C9H9FN2O/c10-7-2-5-1-6(4-11)12-8(5)3-9(7)13/h1-3,12-13H,4,11H2/p+1. The van der Waals surface area contributed by atoms with Gasteiger partial charge in [0, 0.05) is 17.0 Å². The Balaban J connectivity index is 2.70. The van der Waals surface area contributed by atoms with Crippen molar-refractivity contribution in [2.45, 2.75) is 6.54 Å². The minimum Gasteiger partial charge on any atom is -0.505 e. The second-order valence-corrected chi connectivity index (χ2v) is 2.94. The van der Waals surface area contributed by atoms with Crippen LogP contribution in [0.15, 0.2) is 18.2 Å². The minimum atomic E-state index is -0.595. The Bertz CT molecular complexity index is 411. The van der Waals surface area contributed by atoms with Crippen molar-refractivity contribution in [2.75, 3.05) is 0 Å². The normalized spacial score (nSPS) is 10.9. The summed E-state index contributed by atoms with van der Waals surface area (Å²) in [6.45, 7) is 0.622. The molecule has 1 aromatic heterocycles. The van der Waals surface area contributed by atoms with Crippen LogP contribution >= 0.6 is 0 Å². The molecule has 0 aliphatic heterocycles. The number of H-pyrrole nitrogens is 1. The number of aromatic hydroxyl groups is 1. The van der Waals surface area contributed by atoms with Gasteiger partial charge in [-0.2, -0.15) is 0 Å². The van der Waals surface area contributed by atoms with Gasteiger partial charge in [0.2, 0.25) is 0 Å². The van der Waals surface area contributed by atoms with E-state index in [1.54, 1.807) is 0 Å². The van der Waals surface area contributed by atoms with Gasteiger partial charge in [-0.05, 0) is 12.1 Å². The van der Waals surface area contributed by atoms with Crippen molar-refractivity contribution in [2.24, 2.45) is 0 Å². The Kier molecular flexibility index (Phi) is 1.70. The number of phenolic OH excluding ortho intramolecular Hbond substituents is 1. The Morgan fingerprint density at radius 3 is 2.85 bits per heavy atom. The van der Waals surface area contributed by atoms with Crippen LogP contribution in [-0.4, -0.2) is 10.1 Å². The summed E-state index contributed by atoms with van der Waals surface area (Å²) in [7, 11) is 0. The molecule has 3 nitrogen and oxygen atoms in total. The van der Waals surface area contributed by atoms with Crippen molar-refractivity contribution in [3.8, 4) is 5.75 Å². The molecule has 68 valence electrons. The second-order valence-electron chi connectivity index (χ2n) is 2.94. The average Bonchev–Trinajstić information content (AvgIpc) is 2.48. The second kappa shape index (κ2) is 2.74. The third-order valence-corrected chi connectivity index (χ3v) is 2.01. The fourth-order valence-corrected chi connectivity index (χ4v) is 1.34. The number of aromatic amines is 1. The minimum absolute atomic E-state index is 0.329. The third kappa shape index (κ3) is 1.25. The van der Waals surface area contributed by atoms with E-state index in [2.05, 4.69) is 10.7 Å². The van der Waals surface area contributed by atoms with E-state index < -0.39 is 5.82 Å². The summed E-state index contributed by atoms with van der Waals surface area (Å²) < 4.78 is 12.9. The molecule has 13 heavy (non-hydrogen) atoms. The summed E-state index contributed by atoms with van der Waals surface area (Å²) in [6, 6.07) is 4.51. The fraction of sp³-hybridized carbons (Fsp3) is 0.111. The molecule has 0 saturated heterocycles. The molecule has 2 rings (SSSR count). The lowest BCUT2D eigenvalue weighted by atomic mass is 10.2. The van der Waals surface area contributed by atoms with Gasteiger partial charge in [-0.3, -0.25) is 0 Å². The molecule has 1 heterocycles. The Hall–Kier alpha value is -1.55. The van der Waals surface area contributed by atoms with E-state index in [1.807, 2.05) is 6.07 Å². The van der Waals surface area contributed by atoms with Crippen LogP contribution in [0.1, 0.15) is 5.69 Å². The van der Waals surface area contributed by atoms with E-state index in [0.29, 0.717) is 6.54 Å². The highest BCUT2D eigenvalue weighted by Crippen LogP contribution is 2.23. The van der Waals surface area contributed by atoms with Crippen LogP contribution in [0.4, 0.5) is 4.39 Å². The molecule has 0 amide bonds. The fourth-order valence-electron chi connectivity index (χ4n) is 1.34. The van der Waals surface area contributed by atoms with Crippen LogP contribution in [0.5, 0.6) is 5.75 Å². The third-order valence-electron chi connectivity index (χ3n) is 2.01. The number of phenols is 1. The molecule has 0 saturated carbocycles. The van der Waals surface area contributed by atoms with Crippen molar-refractivity contribution in [3.05, 3.63) is 29.7 Å². The van der Waals surface area contributed by atoms with Crippen molar-refractivity contribution in [1.29, 1.82) is 0 Å². The summed E-state index contributed by atoms with van der Waals surface area (Å²) in [4.78, 5) is 3.02. The van der Waals surface area contributed by atoms with E-state index in [1.165, 1.54) is 12.1 Å². The number of nitrogens with one attached hydrogen (secondary N) is 1. The molecule has 0 radical (unpaired) electrons. The number of rotatable bonds is 1. The van der Waals surface area contributed by atoms with Crippen LogP contribution in [-0.2, 0) is 6.54 Å². The number of hydrogen-bond donors (Lipinski definition) is 3. The lowest BCUT2D eigenvalue weighted by Crippen LogP contribution is -2.47. The number of benzene rings is 1. The number of halogens is 1.